The monoisotopic (exact) mass is 212 g/mol. The Kier molecular flexibility index (Phi) is 3.78. The highest BCUT2D eigenvalue weighted by Crippen LogP contribution is 2.03. The van der Waals surface area contributed by atoms with Crippen LogP contribution in [-0.4, -0.2) is 28.9 Å². The van der Waals surface area contributed by atoms with Gasteiger partial charge in [0.05, 0.1) is 11.1 Å². The van der Waals surface area contributed by atoms with Gasteiger partial charge in [-0.05, 0) is 24.3 Å². The number of carbonyl (C=O) groups is 2. The third-order valence-corrected chi connectivity index (χ3v) is 1.50. The maximum Gasteiger partial charge on any atom is 0.335 e. The third kappa shape index (κ3) is 4.21. The Labute approximate surface area is 84.6 Å². The van der Waals surface area contributed by atoms with Crippen molar-refractivity contribution in [2.45, 2.75) is 0 Å². The lowest BCUT2D eigenvalue weighted by molar-refractivity contribution is 0.0681. The van der Waals surface area contributed by atoms with Crippen molar-refractivity contribution in [1.82, 2.24) is 0 Å². The van der Waals surface area contributed by atoms with Gasteiger partial charge in [0.25, 0.3) is 0 Å². The first-order valence-electron chi connectivity index (χ1n) is 3.92. The Hall–Kier alpha value is -1.92. The number of aromatic carboxylic acids is 2. The van der Waals surface area contributed by atoms with E-state index in [4.69, 9.17) is 10.2 Å². The van der Waals surface area contributed by atoms with Crippen LogP contribution in [0.1, 0.15) is 20.7 Å². The van der Waals surface area contributed by atoms with E-state index in [0.29, 0.717) is 6.79 Å². The van der Waals surface area contributed by atoms with E-state index in [2.05, 4.69) is 9.78 Å². The molecule has 6 nitrogen and oxygen atoms in total. The summed E-state index contributed by atoms with van der Waals surface area (Å²) in [7, 11) is 0. The molecule has 0 saturated carbocycles. The zero-order valence-corrected chi connectivity index (χ0v) is 7.54. The van der Waals surface area contributed by atoms with Crippen molar-refractivity contribution in [2.24, 2.45) is 0 Å². The van der Waals surface area contributed by atoms with Crippen molar-refractivity contribution in [2.75, 3.05) is 6.79 Å². The fourth-order valence-corrected chi connectivity index (χ4v) is 0.755. The Morgan fingerprint density at radius 3 is 1.33 bits per heavy atom. The maximum atomic E-state index is 10.3. The normalized spacial score (nSPS) is 12.3. The van der Waals surface area contributed by atoms with Crippen LogP contribution in [0.5, 0.6) is 0 Å². The molecular weight excluding hydrogens is 204 g/mol. The molecule has 1 saturated heterocycles. The van der Waals surface area contributed by atoms with Crippen LogP contribution in [0, 0.1) is 0 Å². The molecular formula is C9H8O6. The van der Waals surface area contributed by atoms with Crippen LogP contribution in [0.4, 0.5) is 0 Å². The number of rotatable bonds is 2. The van der Waals surface area contributed by atoms with E-state index in [0.717, 1.165) is 0 Å². The molecule has 0 amide bonds. The van der Waals surface area contributed by atoms with Gasteiger partial charge in [0.1, 0.15) is 0 Å². The third-order valence-electron chi connectivity index (χ3n) is 1.50. The zero-order valence-electron chi connectivity index (χ0n) is 7.54. The smallest absolute Gasteiger partial charge is 0.335 e. The van der Waals surface area contributed by atoms with Crippen molar-refractivity contribution in [1.29, 1.82) is 0 Å². The minimum absolute atomic E-state index is 0.0833. The highest BCUT2D eigenvalue weighted by Gasteiger charge is 2.04. The molecule has 0 radical (unpaired) electrons. The first kappa shape index (κ1) is 11.2. The van der Waals surface area contributed by atoms with Gasteiger partial charge < -0.3 is 10.2 Å². The van der Waals surface area contributed by atoms with Gasteiger partial charge in [0.15, 0.2) is 0 Å². The second-order valence-corrected chi connectivity index (χ2v) is 2.54. The predicted octanol–water partition coefficient (Wildman–Crippen LogP) is 0.989. The molecule has 1 aliphatic rings. The van der Waals surface area contributed by atoms with E-state index in [1.807, 2.05) is 0 Å². The van der Waals surface area contributed by atoms with E-state index < -0.39 is 11.9 Å². The molecule has 1 fully saturated rings. The number of hydrogen-bond acceptors (Lipinski definition) is 4. The molecule has 1 heterocycles. The van der Waals surface area contributed by atoms with Crippen LogP contribution in [0.3, 0.4) is 0 Å². The summed E-state index contributed by atoms with van der Waals surface area (Å²) in [6.45, 7) is 0.500. The molecule has 0 bridgehead atoms. The summed E-state index contributed by atoms with van der Waals surface area (Å²) in [5.41, 5.74) is 0.167. The minimum atomic E-state index is -1.06. The van der Waals surface area contributed by atoms with Crippen LogP contribution < -0.4 is 0 Å². The lowest BCUT2D eigenvalue weighted by Gasteiger charge is -1.94. The molecule has 0 aromatic heterocycles. The topological polar surface area (TPSA) is 99.7 Å². The number of carboxylic acids is 2. The second kappa shape index (κ2) is 5.08. The van der Waals surface area contributed by atoms with E-state index in [-0.39, 0.29) is 11.1 Å². The molecule has 0 unspecified atom stereocenters. The highest BCUT2D eigenvalue weighted by atomic mass is 17.4. The SMILES string of the molecule is C1OO1.O=C(O)c1ccc(C(=O)O)cc1. The second-order valence-electron chi connectivity index (χ2n) is 2.54. The summed E-state index contributed by atoms with van der Waals surface area (Å²) in [5.74, 6) is -2.13. The van der Waals surface area contributed by atoms with Gasteiger partial charge in [-0.2, -0.15) is 0 Å². The quantitative estimate of drug-likeness (QED) is 0.560. The van der Waals surface area contributed by atoms with Gasteiger partial charge in [-0.15, -0.1) is 0 Å². The van der Waals surface area contributed by atoms with Crippen molar-refractivity contribution in [3.63, 3.8) is 0 Å². The van der Waals surface area contributed by atoms with E-state index in [9.17, 15) is 9.59 Å². The van der Waals surface area contributed by atoms with Gasteiger partial charge in [-0.1, -0.05) is 0 Å². The summed E-state index contributed by atoms with van der Waals surface area (Å²) < 4.78 is 0. The average molecular weight is 212 g/mol. The molecule has 6 heteroatoms. The van der Waals surface area contributed by atoms with Gasteiger partial charge in [-0.25, -0.2) is 19.4 Å². The number of carboxylic acid groups (broad SMARTS) is 2. The highest BCUT2D eigenvalue weighted by molar-refractivity contribution is 5.91. The van der Waals surface area contributed by atoms with Gasteiger partial charge in [0, 0.05) is 0 Å². The van der Waals surface area contributed by atoms with E-state index in [1.165, 1.54) is 24.3 Å². The molecule has 80 valence electrons. The Balaban J connectivity index is 0.000000319. The van der Waals surface area contributed by atoms with Crippen molar-refractivity contribution in [3.8, 4) is 0 Å². The molecule has 1 aliphatic heterocycles. The predicted molar refractivity (Wildman–Crippen MR) is 47.4 cm³/mol. The fraction of sp³-hybridized carbons (Fsp3) is 0.111. The largest absolute Gasteiger partial charge is 0.478 e. The summed E-state index contributed by atoms with van der Waals surface area (Å²) in [4.78, 5) is 28.7. The Morgan fingerprint density at radius 1 is 0.933 bits per heavy atom. The molecule has 2 N–H and O–H groups in total. The molecule has 2 rings (SSSR count). The van der Waals surface area contributed by atoms with Crippen molar-refractivity contribution >= 4 is 11.9 Å². The van der Waals surface area contributed by atoms with Gasteiger partial charge in [-0.3, -0.25) is 0 Å². The maximum absolute atomic E-state index is 10.3. The van der Waals surface area contributed by atoms with Crippen molar-refractivity contribution < 1.29 is 29.6 Å². The van der Waals surface area contributed by atoms with Crippen LogP contribution in [0.2, 0.25) is 0 Å². The first-order valence-corrected chi connectivity index (χ1v) is 3.92. The van der Waals surface area contributed by atoms with Gasteiger partial charge >= 0.3 is 11.9 Å². The number of benzene rings is 1. The molecule has 0 aliphatic carbocycles. The van der Waals surface area contributed by atoms with E-state index >= 15 is 0 Å². The first-order chi connectivity index (χ1) is 7.11. The minimum Gasteiger partial charge on any atom is -0.478 e. The Morgan fingerprint density at radius 2 is 1.20 bits per heavy atom. The average Bonchev–Trinajstić information content (AvgIpc) is 3.04. The Bertz CT molecular complexity index is 318. The molecule has 0 atom stereocenters. The summed E-state index contributed by atoms with van der Waals surface area (Å²) in [6, 6.07) is 5.02. The standard InChI is InChI=1S/C8H6O4.CH2O2/c9-7(10)5-1-2-6(4-3-5)8(11)12;1-2-3-1/h1-4H,(H,9,10)(H,11,12);1H2. The van der Waals surface area contributed by atoms with Crippen LogP contribution in [0.15, 0.2) is 24.3 Å². The summed E-state index contributed by atoms with van der Waals surface area (Å²) in [5, 5.41) is 16.9. The molecule has 0 spiro atoms. The van der Waals surface area contributed by atoms with Crippen LogP contribution in [0.25, 0.3) is 0 Å². The summed E-state index contributed by atoms with van der Waals surface area (Å²) in [6.07, 6.45) is 0. The van der Waals surface area contributed by atoms with E-state index in [1.54, 1.807) is 0 Å². The molecule has 1 aromatic rings. The number of hydrogen-bond donors (Lipinski definition) is 2. The van der Waals surface area contributed by atoms with Crippen molar-refractivity contribution in [3.05, 3.63) is 35.4 Å². The van der Waals surface area contributed by atoms with Gasteiger partial charge in [0.2, 0.25) is 6.79 Å². The summed E-state index contributed by atoms with van der Waals surface area (Å²) >= 11 is 0. The van der Waals surface area contributed by atoms with Crippen LogP contribution >= 0.6 is 0 Å². The fourth-order valence-electron chi connectivity index (χ4n) is 0.755. The lowest BCUT2D eigenvalue weighted by atomic mass is 10.1. The van der Waals surface area contributed by atoms with Crippen LogP contribution in [-0.2, 0) is 9.78 Å². The lowest BCUT2D eigenvalue weighted by Crippen LogP contribution is -1.99. The molecule has 15 heavy (non-hydrogen) atoms. The zero-order chi connectivity index (χ0) is 11.3. The molecule has 1 aromatic carbocycles.